The van der Waals surface area contributed by atoms with Gasteiger partial charge in [-0.15, -0.1) is 0 Å². The smallest absolute Gasteiger partial charge is 0.233 e. The molecule has 1 atom stereocenters. The zero-order chi connectivity index (χ0) is 16.5. The molecule has 1 unspecified atom stereocenters. The first kappa shape index (κ1) is 19.9. The Balaban J connectivity index is 3.86. The van der Waals surface area contributed by atoms with Gasteiger partial charge in [0.15, 0.2) is 0 Å². The standard InChI is InChI=1S/C16H33N3O2/c1-12(2)14(16(3,4)5)15(21)19-10-8-6-7-9-18-13(20)11-17/h12,14H,6-11,17H2,1-5H3,(H,18,20)(H,19,21). The average Bonchev–Trinajstić information content (AvgIpc) is 2.34. The van der Waals surface area contributed by atoms with Crippen molar-refractivity contribution < 1.29 is 9.59 Å². The minimum Gasteiger partial charge on any atom is -0.356 e. The van der Waals surface area contributed by atoms with Crippen molar-refractivity contribution in [3.8, 4) is 0 Å². The third-order valence-electron chi connectivity index (χ3n) is 3.54. The van der Waals surface area contributed by atoms with E-state index in [0.717, 1.165) is 19.3 Å². The molecule has 0 aromatic heterocycles. The van der Waals surface area contributed by atoms with Crippen LogP contribution in [0.3, 0.4) is 0 Å². The molecule has 2 amide bonds. The van der Waals surface area contributed by atoms with Crippen LogP contribution >= 0.6 is 0 Å². The second-order valence-corrected chi connectivity index (χ2v) is 6.99. The van der Waals surface area contributed by atoms with Crippen molar-refractivity contribution in [2.45, 2.75) is 53.9 Å². The summed E-state index contributed by atoms with van der Waals surface area (Å²) in [6.07, 6.45) is 2.82. The topological polar surface area (TPSA) is 84.2 Å². The SMILES string of the molecule is CC(C)C(C(=O)NCCCCCNC(=O)CN)C(C)(C)C. The second kappa shape index (κ2) is 9.77. The Bertz CT molecular complexity index is 322. The van der Waals surface area contributed by atoms with Gasteiger partial charge >= 0.3 is 0 Å². The molecule has 0 aromatic carbocycles. The van der Waals surface area contributed by atoms with Crippen LogP contribution in [0.4, 0.5) is 0 Å². The van der Waals surface area contributed by atoms with E-state index in [-0.39, 0.29) is 29.7 Å². The first-order chi connectivity index (χ1) is 9.70. The molecule has 5 heteroatoms. The quantitative estimate of drug-likeness (QED) is 0.566. The highest BCUT2D eigenvalue weighted by molar-refractivity contribution is 5.79. The summed E-state index contributed by atoms with van der Waals surface area (Å²) in [5, 5.41) is 5.77. The third-order valence-corrected chi connectivity index (χ3v) is 3.54. The van der Waals surface area contributed by atoms with E-state index < -0.39 is 0 Å². The van der Waals surface area contributed by atoms with Crippen LogP contribution in [0.1, 0.15) is 53.9 Å². The van der Waals surface area contributed by atoms with Crippen LogP contribution in [0, 0.1) is 17.3 Å². The minimum atomic E-state index is -0.117. The van der Waals surface area contributed by atoms with Crippen LogP contribution in [0.2, 0.25) is 0 Å². The summed E-state index contributed by atoms with van der Waals surface area (Å²) in [5.74, 6) is 0.389. The van der Waals surface area contributed by atoms with E-state index in [9.17, 15) is 9.59 Å². The highest BCUT2D eigenvalue weighted by Gasteiger charge is 2.33. The third kappa shape index (κ3) is 8.71. The summed E-state index contributed by atoms with van der Waals surface area (Å²) in [4.78, 5) is 23.2. The van der Waals surface area contributed by atoms with Crippen molar-refractivity contribution in [1.82, 2.24) is 10.6 Å². The largest absolute Gasteiger partial charge is 0.356 e. The number of nitrogens with one attached hydrogen (secondary N) is 2. The minimum absolute atomic E-state index is 0.0231. The van der Waals surface area contributed by atoms with Gasteiger partial charge in [-0.05, 0) is 30.6 Å². The van der Waals surface area contributed by atoms with E-state index in [1.807, 2.05) is 0 Å². The zero-order valence-electron chi connectivity index (χ0n) is 14.3. The van der Waals surface area contributed by atoms with E-state index in [1.165, 1.54) is 0 Å². The van der Waals surface area contributed by atoms with E-state index in [0.29, 0.717) is 19.0 Å². The molecule has 0 fully saturated rings. The molecule has 0 saturated heterocycles. The summed E-state index contributed by atoms with van der Waals surface area (Å²) in [6.45, 7) is 11.9. The molecule has 0 aromatic rings. The fourth-order valence-corrected chi connectivity index (χ4v) is 2.74. The number of carbonyl (C=O) groups excluding carboxylic acids is 2. The maximum Gasteiger partial charge on any atom is 0.233 e. The number of rotatable bonds is 9. The Kier molecular flexibility index (Phi) is 9.26. The fraction of sp³-hybridized carbons (Fsp3) is 0.875. The number of hydrogen-bond donors (Lipinski definition) is 3. The number of hydrogen-bond acceptors (Lipinski definition) is 3. The maximum absolute atomic E-state index is 12.3. The van der Waals surface area contributed by atoms with E-state index in [1.54, 1.807) is 0 Å². The summed E-state index contributed by atoms with van der Waals surface area (Å²) in [7, 11) is 0. The molecule has 0 aliphatic carbocycles. The second-order valence-electron chi connectivity index (χ2n) is 6.99. The number of nitrogens with two attached hydrogens (primary N) is 1. The Morgan fingerprint density at radius 1 is 1.00 bits per heavy atom. The summed E-state index contributed by atoms with van der Waals surface area (Å²) >= 11 is 0. The molecule has 0 aliphatic rings. The number of unbranched alkanes of at least 4 members (excludes halogenated alkanes) is 2. The highest BCUT2D eigenvalue weighted by atomic mass is 16.2. The molecule has 124 valence electrons. The molecular weight excluding hydrogens is 266 g/mol. The van der Waals surface area contributed by atoms with Crippen molar-refractivity contribution >= 4 is 11.8 Å². The van der Waals surface area contributed by atoms with Gasteiger partial charge in [0.2, 0.25) is 11.8 Å². The van der Waals surface area contributed by atoms with Crippen LogP contribution in [0.15, 0.2) is 0 Å². The van der Waals surface area contributed by atoms with E-state index >= 15 is 0 Å². The lowest BCUT2D eigenvalue weighted by Crippen LogP contribution is -2.41. The average molecular weight is 299 g/mol. The number of amides is 2. The van der Waals surface area contributed by atoms with Gasteiger partial charge < -0.3 is 16.4 Å². The van der Waals surface area contributed by atoms with Crippen molar-refractivity contribution in [2.24, 2.45) is 23.0 Å². The van der Waals surface area contributed by atoms with Crippen molar-refractivity contribution in [1.29, 1.82) is 0 Å². The van der Waals surface area contributed by atoms with E-state index in [4.69, 9.17) is 5.73 Å². The van der Waals surface area contributed by atoms with Gasteiger partial charge in [-0.1, -0.05) is 34.6 Å². The van der Waals surface area contributed by atoms with Gasteiger partial charge in [-0.25, -0.2) is 0 Å². The van der Waals surface area contributed by atoms with Crippen LogP contribution in [0.5, 0.6) is 0 Å². The van der Waals surface area contributed by atoms with Crippen molar-refractivity contribution in [2.75, 3.05) is 19.6 Å². The van der Waals surface area contributed by atoms with Gasteiger partial charge in [-0.2, -0.15) is 0 Å². The fourth-order valence-electron chi connectivity index (χ4n) is 2.74. The van der Waals surface area contributed by atoms with Gasteiger partial charge in [0, 0.05) is 19.0 Å². The van der Waals surface area contributed by atoms with Crippen LogP contribution in [-0.4, -0.2) is 31.4 Å². The normalized spacial score (nSPS) is 13.1. The van der Waals surface area contributed by atoms with Gasteiger partial charge in [0.25, 0.3) is 0 Å². The highest BCUT2D eigenvalue weighted by Crippen LogP contribution is 2.32. The Hall–Kier alpha value is -1.10. The molecular formula is C16H33N3O2. The Labute approximate surface area is 129 Å². The molecule has 0 spiro atoms. The van der Waals surface area contributed by atoms with E-state index in [2.05, 4.69) is 45.3 Å². The van der Waals surface area contributed by atoms with Crippen molar-refractivity contribution in [3.05, 3.63) is 0 Å². The molecule has 0 radical (unpaired) electrons. The lowest BCUT2D eigenvalue weighted by molar-refractivity contribution is -0.130. The number of carbonyl (C=O) groups is 2. The lowest BCUT2D eigenvalue weighted by atomic mass is 9.74. The van der Waals surface area contributed by atoms with Gasteiger partial charge in [-0.3, -0.25) is 9.59 Å². The molecule has 5 nitrogen and oxygen atoms in total. The maximum atomic E-state index is 12.3. The monoisotopic (exact) mass is 299 g/mol. The predicted octanol–water partition coefficient (Wildman–Crippen LogP) is 1.67. The van der Waals surface area contributed by atoms with Gasteiger partial charge in [0.05, 0.1) is 6.54 Å². The van der Waals surface area contributed by atoms with Crippen LogP contribution in [-0.2, 0) is 9.59 Å². The predicted molar refractivity (Wildman–Crippen MR) is 86.7 cm³/mol. The van der Waals surface area contributed by atoms with Crippen LogP contribution in [0.25, 0.3) is 0 Å². The summed E-state index contributed by atoms with van der Waals surface area (Å²) in [6, 6.07) is 0. The first-order valence-corrected chi connectivity index (χ1v) is 7.94. The molecule has 0 bridgehead atoms. The summed E-state index contributed by atoms with van der Waals surface area (Å²) < 4.78 is 0. The molecule has 4 N–H and O–H groups in total. The Morgan fingerprint density at radius 2 is 1.52 bits per heavy atom. The molecule has 0 rings (SSSR count). The lowest BCUT2D eigenvalue weighted by Gasteiger charge is -2.32. The van der Waals surface area contributed by atoms with Crippen LogP contribution < -0.4 is 16.4 Å². The zero-order valence-corrected chi connectivity index (χ0v) is 14.3. The molecule has 0 heterocycles. The molecule has 0 aliphatic heterocycles. The Morgan fingerprint density at radius 3 is 1.95 bits per heavy atom. The summed E-state index contributed by atoms with van der Waals surface area (Å²) in [5.41, 5.74) is 5.17. The first-order valence-electron chi connectivity index (χ1n) is 7.94. The van der Waals surface area contributed by atoms with Gasteiger partial charge in [0.1, 0.15) is 0 Å². The van der Waals surface area contributed by atoms with Crippen molar-refractivity contribution in [3.63, 3.8) is 0 Å². The molecule has 21 heavy (non-hydrogen) atoms. The molecule has 0 saturated carbocycles.